The van der Waals surface area contributed by atoms with E-state index in [1.54, 1.807) is 17.0 Å². The molecule has 2 rings (SSSR count). The molecule has 0 aliphatic carbocycles. The Morgan fingerprint density at radius 2 is 2.19 bits per heavy atom. The number of halogens is 1. The molecular formula is C16H19ClN2O2. The average molecular weight is 307 g/mol. The van der Waals surface area contributed by atoms with Crippen LogP contribution in [0.4, 0.5) is 0 Å². The van der Waals surface area contributed by atoms with E-state index >= 15 is 0 Å². The van der Waals surface area contributed by atoms with Crippen LogP contribution in [0.25, 0.3) is 0 Å². The third kappa shape index (κ3) is 4.64. The summed E-state index contributed by atoms with van der Waals surface area (Å²) in [5.41, 5.74) is 0. The molecule has 1 aromatic rings. The molecule has 1 aromatic carbocycles. The minimum atomic E-state index is -0.550. The fourth-order valence-electron chi connectivity index (χ4n) is 2.44. The van der Waals surface area contributed by atoms with Crippen LogP contribution in [0, 0.1) is 17.2 Å². The van der Waals surface area contributed by atoms with Crippen molar-refractivity contribution in [3.05, 3.63) is 29.3 Å². The zero-order valence-electron chi connectivity index (χ0n) is 11.9. The fourth-order valence-corrected chi connectivity index (χ4v) is 2.62. The van der Waals surface area contributed by atoms with E-state index in [1.165, 1.54) is 0 Å². The van der Waals surface area contributed by atoms with Crippen molar-refractivity contribution in [3.8, 4) is 11.8 Å². The molecule has 4 nitrogen and oxygen atoms in total. The summed E-state index contributed by atoms with van der Waals surface area (Å²) >= 11 is 5.87. The Labute approximate surface area is 130 Å². The Balaban J connectivity index is 1.73. The number of nitrogens with zero attached hydrogens (tertiary/aromatic N) is 2. The number of hydrogen-bond acceptors (Lipinski definition) is 3. The summed E-state index contributed by atoms with van der Waals surface area (Å²) in [6.45, 7) is 2.05. The molecule has 0 saturated carbocycles. The minimum absolute atomic E-state index is 0.0299. The SMILES string of the molecule is N#CC(CCCOc1cccc(Cl)c1)C(=O)N1CCCC1. The molecule has 1 fully saturated rings. The highest BCUT2D eigenvalue weighted by Crippen LogP contribution is 2.19. The quantitative estimate of drug-likeness (QED) is 0.758. The highest BCUT2D eigenvalue weighted by molar-refractivity contribution is 6.30. The van der Waals surface area contributed by atoms with Gasteiger partial charge in [0.25, 0.3) is 0 Å². The Kier molecular flexibility index (Phi) is 5.89. The Morgan fingerprint density at radius 3 is 2.86 bits per heavy atom. The lowest BCUT2D eigenvalue weighted by molar-refractivity contribution is -0.132. The van der Waals surface area contributed by atoms with Crippen molar-refractivity contribution in [2.24, 2.45) is 5.92 Å². The zero-order valence-corrected chi connectivity index (χ0v) is 12.7. The second-order valence-corrected chi connectivity index (χ2v) is 5.60. The van der Waals surface area contributed by atoms with Crippen LogP contribution in [0.2, 0.25) is 5.02 Å². The lowest BCUT2D eigenvalue weighted by Crippen LogP contribution is -2.33. The molecule has 0 aromatic heterocycles. The van der Waals surface area contributed by atoms with Crippen LogP contribution in [0.1, 0.15) is 25.7 Å². The number of carbonyl (C=O) groups excluding carboxylic acids is 1. The van der Waals surface area contributed by atoms with Crippen LogP contribution in [0.5, 0.6) is 5.75 Å². The van der Waals surface area contributed by atoms with E-state index in [-0.39, 0.29) is 5.91 Å². The monoisotopic (exact) mass is 306 g/mol. The summed E-state index contributed by atoms with van der Waals surface area (Å²) < 4.78 is 5.57. The van der Waals surface area contributed by atoms with Gasteiger partial charge < -0.3 is 9.64 Å². The van der Waals surface area contributed by atoms with Gasteiger partial charge in [-0.05, 0) is 43.9 Å². The summed E-state index contributed by atoms with van der Waals surface area (Å²) in [6.07, 6.45) is 3.29. The van der Waals surface area contributed by atoms with Gasteiger partial charge >= 0.3 is 0 Å². The first-order chi connectivity index (χ1) is 10.2. The molecule has 0 bridgehead atoms. The van der Waals surface area contributed by atoms with Gasteiger partial charge in [-0.2, -0.15) is 5.26 Å². The predicted molar refractivity (Wildman–Crippen MR) is 81.1 cm³/mol. The zero-order chi connectivity index (χ0) is 15.1. The van der Waals surface area contributed by atoms with Gasteiger partial charge in [0.05, 0.1) is 12.7 Å². The molecular weight excluding hydrogens is 288 g/mol. The van der Waals surface area contributed by atoms with Crippen LogP contribution < -0.4 is 4.74 Å². The third-order valence-electron chi connectivity index (χ3n) is 3.57. The predicted octanol–water partition coefficient (Wildman–Crippen LogP) is 3.26. The first-order valence-corrected chi connectivity index (χ1v) is 7.65. The lowest BCUT2D eigenvalue weighted by Gasteiger charge is -2.18. The van der Waals surface area contributed by atoms with Crippen molar-refractivity contribution in [1.82, 2.24) is 4.90 Å². The van der Waals surface area contributed by atoms with E-state index in [2.05, 4.69) is 6.07 Å². The van der Waals surface area contributed by atoms with Crippen LogP contribution in [-0.2, 0) is 4.79 Å². The first kappa shape index (κ1) is 15.7. The summed E-state index contributed by atoms with van der Waals surface area (Å²) in [4.78, 5) is 13.9. The van der Waals surface area contributed by atoms with Crippen molar-refractivity contribution in [1.29, 1.82) is 5.26 Å². The molecule has 1 unspecified atom stereocenters. The van der Waals surface area contributed by atoms with Gasteiger partial charge in [-0.25, -0.2) is 0 Å². The summed E-state index contributed by atoms with van der Waals surface area (Å²) in [5, 5.41) is 9.78. The number of carbonyl (C=O) groups is 1. The molecule has 0 N–H and O–H groups in total. The molecule has 21 heavy (non-hydrogen) atoms. The Morgan fingerprint density at radius 1 is 1.43 bits per heavy atom. The number of benzene rings is 1. The van der Waals surface area contributed by atoms with Gasteiger partial charge in [-0.15, -0.1) is 0 Å². The molecule has 1 heterocycles. The molecule has 1 aliphatic heterocycles. The Hall–Kier alpha value is -1.73. The number of rotatable bonds is 6. The van der Waals surface area contributed by atoms with Crippen LogP contribution in [0.15, 0.2) is 24.3 Å². The molecule has 0 spiro atoms. The van der Waals surface area contributed by atoms with Gasteiger partial charge in [0.1, 0.15) is 11.7 Å². The minimum Gasteiger partial charge on any atom is -0.494 e. The van der Waals surface area contributed by atoms with E-state index in [0.717, 1.165) is 25.9 Å². The maximum absolute atomic E-state index is 12.1. The summed E-state index contributed by atoms with van der Waals surface area (Å²) in [6, 6.07) is 9.32. The molecule has 1 saturated heterocycles. The van der Waals surface area contributed by atoms with Gasteiger partial charge in [0.2, 0.25) is 5.91 Å². The number of likely N-dealkylation sites (tertiary alicyclic amines) is 1. The lowest BCUT2D eigenvalue weighted by atomic mass is 10.0. The van der Waals surface area contributed by atoms with E-state index in [4.69, 9.17) is 21.6 Å². The van der Waals surface area contributed by atoms with Crippen molar-refractivity contribution >= 4 is 17.5 Å². The van der Waals surface area contributed by atoms with Gasteiger partial charge in [0, 0.05) is 18.1 Å². The molecule has 1 atom stereocenters. The molecule has 112 valence electrons. The number of hydrogen-bond donors (Lipinski definition) is 0. The maximum Gasteiger partial charge on any atom is 0.239 e. The molecule has 0 radical (unpaired) electrons. The Bertz CT molecular complexity index is 521. The van der Waals surface area contributed by atoms with Crippen LogP contribution >= 0.6 is 11.6 Å². The smallest absolute Gasteiger partial charge is 0.239 e. The van der Waals surface area contributed by atoms with Crippen molar-refractivity contribution in [2.75, 3.05) is 19.7 Å². The number of ether oxygens (including phenoxy) is 1. The van der Waals surface area contributed by atoms with E-state index in [0.29, 0.717) is 30.2 Å². The second-order valence-electron chi connectivity index (χ2n) is 5.16. The number of amides is 1. The normalized spacial score (nSPS) is 15.5. The second kappa shape index (κ2) is 7.90. The van der Waals surface area contributed by atoms with Crippen molar-refractivity contribution in [2.45, 2.75) is 25.7 Å². The van der Waals surface area contributed by atoms with Crippen LogP contribution in [-0.4, -0.2) is 30.5 Å². The summed E-state index contributed by atoms with van der Waals surface area (Å²) in [7, 11) is 0. The largest absolute Gasteiger partial charge is 0.494 e. The van der Waals surface area contributed by atoms with E-state index < -0.39 is 5.92 Å². The van der Waals surface area contributed by atoms with E-state index in [1.807, 2.05) is 12.1 Å². The maximum atomic E-state index is 12.1. The van der Waals surface area contributed by atoms with Crippen molar-refractivity contribution in [3.63, 3.8) is 0 Å². The topological polar surface area (TPSA) is 53.3 Å². The molecule has 1 aliphatic rings. The highest BCUT2D eigenvalue weighted by atomic mass is 35.5. The van der Waals surface area contributed by atoms with Crippen molar-refractivity contribution < 1.29 is 9.53 Å². The van der Waals surface area contributed by atoms with Gasteiger partial charge in [0.15, 0.2) is 0 Å². The fraction of sp³-hybridized carbons (Fsp3) is 0.500. The molecule has 5 heteroatoms. The first-order valence-electron chi connectivity index (χ1n) is 7.27. The van der Waals surface area contributed by atoms with Gasteiger partial charge in [-0.1, -0.05) is 17.7 Å². The highest BCUT2D eigenvalue weighted by Gasteiger charge is 2.25. The van der Waals surface area contributed by atoms with E-state index in [9.17, 15) is 4.79 Å². The molecule has 1 amide bonds. The van der Waals surface area contributed by atoms with Gasteiger partial charge in [-0.3, -0.25) is 4.79 Å². The average Bonchev–Trinajstić information content (AvgIpc) is 3.01. The number of nitriles is 1. The van der Waals surface area contributed by atoms with Crippen LogP contribution in [0.3, 0.4) is 0 Å². The third-order valence-corrected chi connectivity index (χ3v) is 3.81. The summed E-state index contributed by atoms with van der Waals surface area (Å²) in [5.74, 6) is 0.130. The standard InChI is InChI=1S/C16H19ClN2O2/c17-14-6-3-7-15(11-14)21-10-4-5-13(12-18)16(20)19-8-1-2-9-19/h3,6-7,11,13H,1-2,4-5,8-10H2.